The topological polar surface area (TPSA) is 84.8 Å². The van der Waals surface area contributed by atoms with Gasteiger partial charge in [0.05, 0.1) is 16.7 Å². The van der Waals surface area contributed by atoms with Gasteiger partial charge in [-0.3, -0.25) is 0 Å². The fourth-order valence-corrected chi connectivity index (χ4v) is 3.97. The number of fused-ring (bicyclic) bond motifs is 1. The Bertz CT molecular complexity index is 1400. The lowest BCUT2D eigenvalue weighted by Gasteiger charge is -2.11. The van der Waals surface area contributed by atoms with Crippen LogP contribution in [0.25, 0.3) is 10.8 Å². The van der Waals surface area contributed by atoms with Crippen LogP contribution in [0.5, 0.6) is 5.75 Å². The van der Waals surface area contributed by atoms with Gasteiger partial charge in [0.1, 0.15) is 5.75 Å². The number of ether oxygens (including phenoxy) is 1. The number of carbonyl (C=O) groups is 1. The van der Waals surface area contributed by atoms with Gasteiger partial charge in [0.15, 0.2) is 0 Å². The number of nitrogens with zero attached hydrogens (tertiary/aromatic N) is 1. The smallest absolute Gasteiger partial charge is 0.343 e. The van der Waals surface area contributed by atoms with Crippen molar-refractivity contribution in [3.05, 3.63) is 107 Å². The summed E-state index contributed by atoms with van der Waals surface area (Å²) in [6, 6.07) is 25.2. The molecule has 0 unspecified atom stereocenters. The number of rotatable bonds is 6. The van der Waals surface area contributed by atoms with E-state index in [-0.39, 0.29) is 10.6 Å². The number of sulfonamides is 1. The molecule has 0 radical (unpaired) electrons. The van der Waals surface area contributed by atoms with Crippen molar-refractivity contribution in [2.45, 2.75) is 4.90 Å². The van der Waals surface area contributed by atoms with Gasteiger partial charge in [0, 0.05) is 10.6 Å². The molecule has 4 aromatic rings. The fraction of sp³-hybridized carbons (Fsp3) is 0. The summed E-state index contributed by atoms with van der Waals surface area (Å²) >= 11 is 5.82. The van der Waals surface area contributed by atoms with Gasteiger partial charge >= 0.3 is 5.97 Å². The third kappa shape index (κ3) is 4.80. The highest BCUT2D eigenvalue weighted by atomic mass is 35.5. The number of benzene rings is 4. The molecule has 0 atom stereocenters. The van der Waals surface area contributed by atoms with Crippen molar-refractivity contribution < 1.29 is 17.9 Å². The first-order chi connectivity index (χ1) is 15.4. The molecule has 32 heavy (non-hydrogen) atoms. The van der Waals surface area contributed by atoms with Crippen LogP contribution in [-0.2, 0) is 10.0 Å². The van der Waals surface area contributed by atoms with Gasteiger partial charge in [-0.15, -0.1) is 0 Å². The molecule has 0 spiro atoms. The molecule has 0 saturated carbocycles. The zero-order chi connectivity index (χ0) is 22.6. The molecule has 0 saturated heterocycles. The Kier molecular flexibility index (Phi) is 6.20. The first-order valence-corrected chi connectivity index (χ1v) is 11.4. The van der Waals surface area contributed by atoms with Gasteiger partial charge in [0.2, 0.25) is 0 Å². The van der Waals surface area contributed by atoms with E-state index in [9.17, 15) is 13.2 Å². The summed E-state index contributed by atoms with van der Waals surface area (Å²) in [6.07, 6.45) is 1.32. The average molecular weight is 465 g/mol. The van der Waals surface area contributed by atoms with Crippen molar-refractivity contribution in [2.24, 2.45) is 5.10 Å². The van der Waals surface area contributed by atoms with Crippen LogP contribution in [0.4, 0.5) is 0 Å². The molecule has 0 aliphatic heterocycles. The minimum absolute atomic E-state index is 0.0210. The lowest BCUT2D eigenvalue weighted by atomic mass is 10.0. The molecule has 4 rings (SSSR count). The first kappa shape index (κ1) is 21.5. The number of hydrazone groups is 1. The van der Waals surface area contributed by atoms with E-state index in [0.717, 1.165) is 10.8 Å². The summed E-state index contributed by atoms with van der Waals surface area (Å²) in [5.74, 6) is -0.274. The molecular formula is C24H17ClN2O4S. The zero-order valence-corrected chi connectivity index (χ0v) is 18.2. The van der Waals surface area contributed by atoms with E-state index in [1.807, 2.05) is 30.3 Å². The number of esters is 1. The van der Waals surface area contributed by atoms with E-state index in [1.54, 1.807) is 36.4 Å². The molecule has 160 valence electrons. The van der Waals surface area contributed by atoms with Crippen LogP contribution < -0.4 is 9.57 Å². The molecule has 0 aliphatic rings. The molecular weight excluding hydrogens is 448 g/mol. The highest BCUT2D eigenvalue weighted by Gasteiger charge is 2.15. The Hall–Kier alpha value is -3.68. The van der Waals surface area contributed by atoms with Gasteiger partial charge < -0.3 is 4.74 Å². The minimum atomic E-state index is -3.89. The van der Waals surface area contributed by atoms with E-state index in [0.29, 0.717) is 16.1 Å². The van der Waals surface area contributed by atoms with Crippen molar-refractivity contribution in [3.8, 4) is 5.75 Å². The zero-order valence-electron chi connectivity index (χ0n) is 16.6. The van der Waals surface area contributed by atoms with E-state index in [4.69, 9.17) is 16.3 Å². The average Bonchev–Trinajstić information content (AvgIpc) is 2.81. The summed E-state index contributed by atoms with van der Waals surface area (Å²) in [6.45, 7) is 0. The van der Waals surface area contributed by atoms with Gasteiger partial charge in [-0.1, -0.05) is 60.1 Å². The van der Waals surface area contributed by atoms with Gasteiger partial charge in [-0.2, -0.15) is 13.5 Å². The number of halogens is 1. The maximum absolute atomic E-state index is 12.6. The molecule has 0 bridgehead atoms. The standard InChI is InChI=1S/C24H17ClN2O4S/c25-19-11-13-20(14-12-19)32(29,30)27-26-16-22-21-9-5-4-6-17(21)10-15-23(22)31-24(28)18-7-2-1-3-8-18/h1-16,27H/b26-16-. The maximum Gasteiger partial charge on any atom is 0.343 e. The lowest BCUT2D eigenvalue weighted by molar-refractivity contribution is 0.0734. The molecule has 0 fully saturated rings. The van der Waals surface area contributed by atoms with Crippen LogP contribution in [0.2, 0.25) is 5.02 Å². The van der Waals surface area contributed by atoms with Crippen molar-refractivity contribution in [3.63, 3.8) is 0 Å². The second-order valence-corrected chi connectivity index (χ2v) is 8.86. The predicted octanol–water partition coefficient (Wildman–Crippen LogP) is 5.02. The Balaban J connectivity index is 1.66. The SMILES string of the molecule is O=C(Oc1ccc2ccccc2c1/C=N\NS(=O)(=O)c1ccc(Cl)cc1)c1ccccc1. The summed E-state index contributed by atoms with van der Waals surface area (Å²) in [5, 5.41) is 5.97. The predicted molar refractivity (Wildman–Crippen MR) is 125 cm³/mol. The van der Waals surface area contributed by atoms with Crippen molar-refractivity contribution >= 4 is 44.6 Å². The monoisotopic (exact) mass is 464 g/mol. The van der Waals surface area contributed by atoms with Crippen LogP contribution in [0.3, 0.4) is 0 Å². The summed E-state index contributed by atoms with van der Waals surface area (Å²) in [7, 11) is -3.89. The van der Waals surface area contributed by atoms with E-state index in [1.165, 1.54) is 30.5 Å². The van der Waals surface area contributed by atoms with Crippen LogP contribution in [0.1, 0.15) is 15.9 Å². The van der Waals surface area contributed by atoms with E-state index >= 15 is 0 Å². The molecule has 0 aliphatic carbocycles. The third-order valence-electron chi connectivity index (χ3n) is 4.63. The minimum Gasteiger partial charge on any atom is -0.422 e. The normalized spacial score (nSPS) is 11.5. The van der Waals surface area contributed by atoms with Crippen LogP contribution in [0, 0.1) is 0 Å². The third-order valence-corrected chi connectivity index (χ3v) is 6.12. The number of nitrogens with one attached hydrogen (secondary N) is 1. The largest absolute Gasteiger partial charge is 0.422 e. The first-order valence-electron chi connectivity index (χ1n) is 9.53. The Morgan fingerprint density at radius 1 is 0.875 bits per heavy atom. The summed E-state index contributed by atoms with van der Waals surface area (Å²) < 4.78 is 30.6. The molecule has 0 amide bonds. The molecule has 1 N–H and O–H groups in total. The molecule has 4 aromatic carbocycles. The van der Waals surface area contributed by atoms with Gasteiger partial charge in [0.25, 0.3) is 10.0 Å². The number of hydrogen-bond donors (Lipinski definition) is 1. The van der Waals surface area contributed by atoms with Crippen LogP contribution in [0.15, 0.2) is 101 Å². The highest BCUT2D eigenvalue weighted by molar-refractivity contribution is 7.89. The second-order valence-electron chi connectivity index (χ2n) is 6.76. The van der Waals surface area contributed by atoms with Crippen molar-refractivity contribution in [2.75, 3.05) is 0 Å². The summed E-state index contributed by atoms with van der Waals surface area (Å²) in [4.78, 5) is 14.8. The Morgan fingerprint density at radius 3 is 2.31 bits per heavy atom. The molecule has 0 aromatic heterocycles. The van der Waals surface area contributed by atoms with E-state index < -0.39 is 16.0 Å². The van der Waals surface area contributed by atoms with Crippen LogP contribution >= 0.6 is 11.6 Å². The molecule has 0 heterocycles. The Labute approximate surface area is 190 Å². The maximum atomic E-state index is 12.6. The van der Waals surface area contributed by atoms with Gasteiger partial charge in [-0.05, 0) is 53.2 Å². The number of carbonyl (C=O) groups excluding carboxylic acids is 1. The lowest BCUT2D eigenvalue weighted by Crippen LogP contribution is -2.18. The quantitative estimate of drug-likeness (QED) is 0.188. The van der Waals surface area contributed by atoms with Crippen molar-refractivity contribution in [1.82, 2.24) is 4.83 Å². The molecule has 6 nitrogen and oxygen atoms in total. The fourth-order valence-electron chi connectivity index (χ4n) is 3.06. The Morgan fingerprint density at radius 2 is 1.56 bits per heavy atom. The second kappa shape index (κ2) is 9.21. The molecule has 8 heteroatoms. The summed E-state index contributed by atoms with van der Waals surface area (Å²) in [5.41, 5.74) is 0.859. The van der Waals surface area contributed by atoms with Gasteiger partial charge in [-0.25, -0.2) is 9.63 Å². The van der Waals surface area contributed by atoms with Crippen molar-refractivity contribution in [1.29, 1.82) is 0 Å². The van der Waals surface area contributed by atoms with E-state index in [2.05, 4.69) is 9.93 Å². The number of hydrogen-bond acceptors (Lipinski definition) is 5. The van der Waals surface area contributed by atoms with Crippen LogP contribution in [-0.4, -0.2) is 20.6 Å². The highest BCUT2D eigenvalue weighted by Crippen LogP contribution is 2.27.